The van der Waals surface area contributed by atoms with E-state index < -0.39 is 23.9 Å². The van der Waals surface area contributed by atoms with E-state index in [1.54, 1.807) is 27.7 Å². The smallest absolute Gasteiger partial charge is 0.332 e. The first-order valence-electron chi connectivity index (χ1n) is 8.73. The van der Waals surface area contributed by atoms with Crippen LogP contribution in [0.3, 0.4) is 0 Å². The molecule has 148 valence electrons. The summed E-state index contributed by atoms with van der Waals surface area (Å²) in [6.07, 6.45) is 4.43. The Morgan fingerprint density at radius 2 is 1.50 bits per heavy atom. The fourth-order valence-electron chi connectivity index (χ4n) is 2.11. The highest BCUT2D eigenvalue weighted by atomic mass is 16.5. The van der Waals surface area contributed by atoms with Crippen molar-refractivity contribution in [2.24, 2.45) is 0 Å². The van der Waals surface area contributed by atoms with E-state index in [1.165, 1.54) is 12.2 Å². The molecule has 0 aromatic heterocycles. The average Bonchev–Trinajstić information content (AvgIpc) is 2.53. The number of aliphatic carboxylic acids is 1. The lowest BCUT2D eigenvalue weighted by atomic mass is 10.1. The maximum Gasteiger partial charge on any atom is 0.332 e. The summed E-state index contributed by atoms with van der Waals surface area (Å²) in [6.45, 7) is 8.04. The standard InChI is InChI=1S/C18H30N2O6/c1-5-25-16(21)11-13(3)19-10-8-7-9-15(18(23)24)20-14(4)12-17(22)26-6-2/h11-12,15,19-20H,5-10H2,1-4H3,(H,23,24)/t15-/m0/s1. The summed E-state index contributed by atoms with van der Waals surface area (Å²) in [5.74, 6) is -1.88. The van der Waals surface area contributed by atoms with Gasteiger partial charge in [0, 0.05) is 30.1 Å². The van der Waals surface area contributed by atoms with Gasteiger partial charge in [0.25, 0.3) is 0 Å². The summed E-state index contributed by atoms with van der Waals surface area (Å²) in [4.78, 5) is 33.9. The summed E-state index contributed by atoms with van der Waals surface area (Å²) in [5.41, 5.74) is 1.15. The van der Waals surface area contributed by atoms with Gasteiger partial charge in [-0.3, -0.25) is 0 Å². The number of nitrogens with one attached hydrogen (secondary N) is 2. The van der Waals surface area contributed by atoms with Crippen molar-refractivity contribution in [2.45, 2.75) is 53.0 Å². The van der Waals surface area contributed by atoms with Crippen molar-refractivity contribution in [3.05, 3.63) is 23.5 Å². The number of esters is 2. The Kier molecular flexibility index (Phi) is 12.4. The molecule has 3 N–H and O–H groups in total. The number of carbonyl (C=O) groups excluding carboxylic acids is 2. The van der Waals surface area contributed by atoms with Crippen molar-refractivity contribution in [1.29, 1.82) is 0 Å². The molecule has 0 aromatic carbocycles. The maximum absolute atomic E-state index is 11.4. The molecule has 0 aliphatic rings. The first-order chi connectivity index (χ1) is 12.3. The van der Waals surface area contributed by atoms with Crippen molar-refractivity contribution in [2.75, 3.05) is 19.8 Å². The molecule has 0 amide bonds. The zero-order chi connectivity index (χ0) is 19.9. The quantitative estimate of drug-likeness (QED) is 0.255. The summed E-state index contributed by atoms with van der Waals surface area (Å²) in [6, 6.07) is -0.781. The molecule has 0 saturated carbocycles. The Labute approximate surface area is 154 Å². The van der Waals surface area contributed by atoms with Crippen LogP contribution in [0.4, 0.5) is 0 Å². The van der Waals surface area contributed by atoms with Gasteiger partial charge in [-0.25, -0.2) is 14.4 Å². The Bertz CT molecular complexity index is 528. The van der Waals surface area contributed by atoms with Gasteiger partial charge in [0.15, 0.2) is 0 Å². The third-order valence-electron chi connectivity index (χ3n) is 3.27. The minimum absolute atomic E-state index is 0.266. The summed E-state index contributed by atoms with van der Waals surface area (Å²) in [7, 11) is 0. The number of hydrogen-bond acceptors (Lipinski definition) is 7. The maximum atomic E-state index is 11.4. The molecule has 8 nitrogen and oxygen atoms in total. The second kappa shape index (κ2) is 13.7. The normalized spacial score (nSPS) is 12.9. The summed E-state index contributed by atoms with van der Waals surface area (Å²) in [5, 5.41) is 15.2. The number of carbonyl (C=O) groups is 3. The van der Waals surface area contributed by atoms with Crippen molar-refractivity contribution >= 4 is 17.9 Å². The number of carboxylic acid groups (broad SMARTS) is 1. The Hall–Kier alpha value is -2.51. The van der Waals surface area contributed by atoms with Crippen LogP contribution in [-0.2, 0) is 23.9 Å². The van der Waals surface area contributed by atoms with Gasteiger partial charge >= 0.3 is 17.9 Å². The molecule has 0 unspecified atom stereocenters. The van der Waals surface area contributed by atoms with Gasteiger partial charge in [-0.15, -0.1) is 0 Å². The van der Waals surface area contributed by atoms with Crippen LogP contribution in [-0.4, -0.2) is 48.8 Å². The first kappa shape index (κ1) is 23.5. The predicted octanol–water partition coefficient (Wildman–Crippen LogP) is 1.72. The Morgan fingerprint density at radius 1 is 0.962 bits per heavy atom. The van der Waals surface area contributed by atoms with Gasteiger partial charge in [-0.2, -0.15) is 0 Å². The minimum Gasteiger partial charge on any atom is -0.480 e. The lowest BCUT2D eigenvalue weighted by Gasteiger charge is -2.16. The zero-order valence-electron chi connectivity index (χ0n) is 16.0. The summed E-state index contributed by atoms with van der Waals surface area (Å²) >= 11 is 0. The van der Waals surface area contributed by atoms with Crippen LogP contribution >= 0.6 is 0 Å². The largest absolute Gasteiger partial charge is 0.480 e. The van der Waals surface area contributed by atoms with Crippen molar-refractivity contribution < 1.29 is 29.0 Å². The lowest BCUT2D eigenvalue weighted by molar-refractivity contribution is -0.140. The van der Waals surface area contributed by atoms with E-state index in [4.69, 9.17) is 9.47 Å². The fraction of sp³-hybridized carbons (Fsp3) is 0.611. The van der Waals surface area contributed by atoms with Gasteiger partial charge in [-0.05, 0) is 47.0 Å². The molecule has 8 heteroatoms. The SMILES string of the molecule is CCOC(=O)C=C(C)NCCCC[C@H](NC(C)=CC(=O)OCC)C(=O)O. The number of unbranched alkanes of at least 4 members (excludes halogenated alkanes) is 1. The van der Waals surface area contributed by atoms with E-state index in [1.807, 2.05) is 0 Å². The summed E-state index contributed by atoms with van der Waals surface area (Å²) < 4.78 is 9.59. The van der Waals surface area contributed by atoms with Crippen LogP contribution in [0, 0.1) is 0 Å². The highest BCUT2D eigenvalue weighted by Gasteiger charge is 2.16. The minimum atomic E-state index is -0.979. The van der Waals surface area contributed by atoms with E-state index in [2.05, 4.69) is 10.6 Å². The molecule has 0 aliphatic carbocycles. The van der Waals surface area contributed by atoms with E-state index >= 15 is 0 Å². The molecule has 0 aliphatic heterocycles. The second-order valence-corrected chi connectivity index (χ2v) is 5.62. The van der Waals surface area contributed by atoms with Crippen LogP contribution in [0.1, 0.15) is 47.0 Å². The van der Waals surface area contributed by atoms with Crippen LogP contribution in [0.15, 0.2) is 23.5 Å². The molecule has 0 spiro atoms. The van der Waals surface area contributed by atoms with Gasteiger partial charge in [0.1, 0.15) is 6.04 Å². The molecule has 0 heterocycles. The van der Waals surface area contributed by atoms with E-state index in [0.29, 0.717) is 37.4 Å². The lowest BCUT2D eigenvalue weighted by Crippen LogP contribution is -2.35. The number of rotatable bonds is 13. The topological polar surface area (TPSA) is 114 Å². The third-order valence-corrected chi connectivity index (χ3v) is 3.27. The molecule has 26 heavy (non-hydrogen) atoms. The van der Waals surface area contributed by atoms with Crippen molar-refractivity contribution in [1.82, 2.24) is 10.6 Å². The van der Waals surface area contributed by atoms with Crippen LogP contribution in [0.25, 0.3) is 0 Å². The molecule has 0 fully saturated rings. The molecule has 1 atom stereocenters. The predicted molar refractivity (Wildman–Crippen MR) is 97.2 cm³/mol. The molecular formula is C18H30N2O6. The van der Waals surface area contributed by atoms with E-state index in [-0.39, 0.29) is 6.61 Å². The first-order valence-corrected chi connectivity index (χ1v) is 8.73. The zero-order valence-corrected chi connectivity index (χ0v) is 16.0. The Morgan fingerprint density at radius 3 is 2.00 bits per heavy atom. The molecular weight excluding hydrogens is 340 g/mol. The van der Waals surface area contributed by atoms with Gasteiger partial charge in [-0.1, -0.05) is 0 Å². The molecule has 0 aromatic rings. The number of ether oxygens (including phenoxy) is 2. The second-order valence-electron chi connectivity index (χ2n) is 5.62. The third kappa shape index (κ3) is 11.9. The molecule has 0 bridgehead atoms. The van der Waals surface area contributed by atoms with Crippen LogP contribution in [0.2, 0.25) is 0 Å². The molecule has 0 saturated heterocycles. The van der Waals surface area contributed by atoms with Crippen molar-refractivity contribution in [3.8, 4) is 0 Å². The average molecular weight is 370 g/mol. The number of allylic oxidation sites excluding steroid dienone is 2. The Balaban J connectivity index is 4.25. The van der Waals surface area contributed by atoms with Gasteiger partial charge in [0.2, 0.25) is 0 Å². The van der Waals surface area contributed by atoms with Gasteiger partial charge in [0.05, 0.1) is 13.2 Å². The van der Waals surface area contributed by atoms with E-state index in [0.717, 1.165) is 6.42 Å². The molecule has 0 rings (SSSR count). The highest BCUT2D eigenvalue weighted by molar-refractivity contribution is 5.83. The molecule has 0 radical (unpaired) electrons. The number of carboxylic acids is 1. The van der Waals surface area contributed by atoms with Crippen LogP contribution < -0.4 is 10.6 Å². The fourth-order valence-corrected chi connectivity index (χ4v) is 2.11. The van der Waals surface area contributed by atoms with Crippen molar-refractivity contribution in [3.63, 3.8) is 0 Å². The van der Waals surface area contributed by atoms with Gasteiger partial charge < -0.3 is 25.2 Å². The highest BCUT2D eigenvalue weighted by Crippen LogP contribution is 2.04. The van der Waals surface area contributed by atoms with Crippen LogP contribution in [0.5, 0.6) is 0 Å². The monoisotopic (exact) mass is 370 g/mol. The van der Waals surface area contributed by atoms with E-state index in [9.17, 15) is 19.5 Å². The number of hydrogen-bond donors (Lipinski definition) is 3.